The summed E-state index contributed by atoms with van der Waals surface area (Å²) in [4.78, 5) is 0. The van der Waals surface area contributed by atoms with Crippen molar-refractivity contribution in [2.24, 2.45) is 0 Å². The highest BCUT2D eigenvalue weighted by atomic mass is 19.1. The molecular formula is C12H16FNO2. The molecule has 1 aromatic carbocycles. The van der Waals surface area contributed by atoms with E-state index in [0.717, 1.165) is 19.4 Å². The third kappa shape index (κ3) is 2.85. The van der Waals surface area contributed by atoms with Crippen LogP contribution in [0.1, 0.15) is 19.3 Å². The topological polar surface area (TPSA) is 44.5 Å². The van der Waals surface area contributed by atoms with Gasteiger partial charge in [-0.1, -0.05) is 0 Å². The van der Waals surface area contributed by atoms with Crippen LogP contribution >= 0.6 is 0 Å². The second kappa shape index (κ2) is 5.16. The summed E-state index contributed by atoms with van der Waals surface area (Å²) in [5.41, 5.74) is 5.96. The fourth-order valence-electron chi connectivity index (χ4n) is 1.77. The van der Waals surface area contributed by atoms with Crippen LogP contribution in [0.5, 0.6) is 5.75 Å². The van der Waals surface area contributed by atoms with Crippen molar-refractivity contribution in [3.8, 4) is 5.75 Å². The third-order valence-electron chi connectivity index (χ3n) is 2.67. The van der Waals surface area contributed by atoms with E-state index < -0.39 is 0 Å². The van der Waals surface area contributed by atoms with Crippen LogP contribution in [0.15, 0.2) is 18.2 Å². The Morgan fingerprint density at radius 1 is 1.44 bits per heavy atom. The minimum atomic E-state index is -0.348. The molecule has 0 unspecified atom stereocenters. The number of benzene rings is 1. The van der Waals surface area contributed by atoms with Crippen LogP contribution in [0.3, 0.4) is 0 Å². The molecule has 0 bridgehead atoms. The average molecular weight is 225 g/mol. The molecule has 0 radical (unpaired) electrons. The van der Waals surface area contributed by atoms with E-state index in [4.69, 9.17) is 15.2 Å². The minimum absolute atomic E-state index is 0.137. The Morgan fingerprint density at radius 3 is 3.00 bits per heavy atom. The van der Waals surface area contributed by atoms with Crippen molar-refractivity contribution < 1.29 is 13.9 Å². The molecule has 1 aliphatic heterocycles. The predicted octanol–water partition coefficient (Wildman–Crippen LogP) is 2.36. The van der Waals surface area contributed by atoms with Crippen LogP contribution in [0.25, 0.3) is 0 Å². The van der Waals surface area contributed by atoms with Gasteiger partial charge in [-0.2, -0.15) is 0 Å². The maximum absolute atomic E-state index is 12.8. The number of halogens is 1. The van der Waals surface area contributed by atoms with Crippen LogP contribution in [-0.2, 0) is 4.74 Å². The van der Waals surface area contributed by atoms with Gasteiger partial charge in [0.25, 0.3) is 0 Å². The molecule has 3 nitrogen and oxygen atoms in total. The third-order valence-corrected chi connectivity index (χ3v) is 2.67. The molecule has 2 rings (SSSR count). The summed E-state index contributed by atoms with van der Waals surface area (Å²) in [5.74, 6) is 0.175. The van der Waals surface area contributed by atoms with Gasteiger partial charge in [-0.15, -0.1) is 0 Å². The van der Waals surface area contributed by atoms with Crippen molar-refractivity contribution in [1.82, 2.24) is 0 Å². The van der Waals surface area contributed by atoms with E-state index in [1.807, 2.05) is 0 Å². The lowest BCUT2D eigenvalue weighted by molar-refractivity contribution is -0.0109. The number of nitrogen functional groups attached to an aromatic ring is 1. The van der Waals surface area contributed by atoms with Crippen LogP contribution in [0.4, 0.5) is 10.1 Å². The van der Waals surface area contributed by atoms with E-state index in [-0.39, 0.29) is 11.9 Å². The molecule has 1 aromatic rings. The smallest absolute Gasteiger partial charge is 0.142 e. The molecule has 0 aliphatic carbocycles. The fourth-order valence-corrected chi connectivity index (χ4v) is 1.77. The summed E-state index contributed by atoms with van der Waals surface area (Å²) in [6.07, 6.45) is 3.45. The molecule has 88 valence electrons. The molecule has 0 saturated carbocycles. The van der Waals surface area contributed by atoms with Crippen molar-refractivity contribution in [2.75, 3.05) is 18.9 Å². The minimum Gasteiger partial charge on any atom is -0.489 e. The highest BCUT2D eigenvalue weighted by Gasteiger charge is 2.14. The SMILES string of the molecule is Nc1cc(F)ccc1OC[C@@H]1CCCCO1. The van der Waals surface area contributed by atoms with Gasteiger partial charge in [0, 0.05) is 12.7 Å². The zero-order valence-electron chi connectivity index (χ0n) is 9.12. The van der Waals surface area contributed by atoms with E-state index >= 15 is 0 Å². The first-order chi connectivity index (χ1) is 7.75. The Bertz CT molecular complexity index is 351. The Kier molecular flexibility index (Phi) is 3.62. The Morgan fingerprint density at radius 2 is 2.31 bits per heavy atom. The zero-order valence-corrected chi connectivity index (χ0v) is 9.12. The summed E-state index contributed by atoms with van der Waals surface area (Å²) < 4.78 is 23.8. The highest BCUT2D eigenvalue weighted by molar-refractivity contribution is 5.52. The first-order valence-electron chi connectivity index (χ1n) is 5.55. The van der Waals surface area contributed by atoms with Gasteiger partial charge in [0.2, 0.25) is 0 Å². The number of hydrogen-bond acceptors (Lipinski definition) is 3. The number of hydrogen-bond donors (Lipinski definition) is 1. The van der Waals surface area contributed by atoms with Crippen LogP contribution in [0, 0.1) is 5.82 Å². The number of rotatable bonds is 3. The maximum Gasteiger partial charge on any atom is 0.142 e. The van der Waals surface area contributed by atoms with Crippen molar-refractivity contribution in [1.29, 1.82) is 0 Å². The summed E-state index contributed by atoms with van der Waals surface area (Å²) >= 11 is 0. The Hall–Kier alpha value is -1.29. The first kappa shape index (κ1) is 11.2. The standard InChI is InChI=1S/C12H16FNO2/c13-9-4-5-12(11(14)7-9)16-8-10-3-1-2-6-15-10/h4-5,7,10H,1-3,6,8,14H2/t10-/m0/s1. The molecule has 0 aromatic heterocycles. The monoisotopic (exact) mass is 225 g/mol. The molecule has 16 heavy (non-hydrogen) atoms. The molecule has 1 fully saturated rings. The number of anilines is 1. The predicted molar refractivity (Wildman–Crippen MR) is 59.9 cm³/mol. The first-order valence-corrected chi connectivity index (χ1v) is 5.55. The largest absolute Gasteiger partial charge is 0.489 e. The number of ether oxygens (including phenoxy) is 2. The van der Waals surface area contributed by atoms with Gasteiger partial charge in [-0.05, 0) is 31.4 Å². The zero-order chi connectivity index (χ0) is 11.4. The van der Waals surface area contributed by atoms with Crippen molar-refractivity contribution in [2.45, 2.75) is 25.4 Å². The van der Waals surface area contributed by atoms with Crippen LogP contribution < -0.4 is 10.5 Å². The lowest BCUT2D eigenvalue weighted by Crippen LogP contribution is -2.25. The van der Waals surface area contributed by atoms with Crippen molar-refractivity contribution in [3.63, 3.8) is 0 Å². The second-order valence-electron chi connectivity index (χ2n) is 3.98. The van der Waals surface area contributed by atoms with Crippen molar-refractivity contribution >= 4 is 5.69 Å². The van der Waals surface area contributed by atoms with E-state index in [1.165, 1.54) is 18.6 Å². The van der Waals surface area contributed by atoms with E-state index in [9.17, 15) is 4.39 Å². The quantitative estimate of drug-likeness (QED) is 0.803. The second-order valence-corrected chi connectivity index (χ2v) is 3.98. The number of nitrogens with two attached hydrogens (primary N) is 1. The molecule has 4 heteroatoms. The molecule has 2 N–H and O–H groups in total. The molecule has 1 aliphatic rings. The van der Waals surface area contributed by atoms with Crippen molar-refractivity contribution in [3.05, 3.63) is 24.0 Å². The Labute approximate surface area is 94.3 Å². The summed E-state index contributed by atoms with van der Waals surface area (Å²) in [5, 5.41) is 0. The molecular weight excluding hydrogens is 209 g/mol. The van der Waals surface area contributed by atoms with E-state index in [1.54, 1.807) is 6.07 Å². The lowest BCUT2D eigenvalue weighted by atomic mass is 10.1. The van der Waals surface area contributed by atoms with Crippen LogP contribution in [-0.4, -0.2) is 19.3 Å². The molecule has 1 heterocycles. The summed E-state index contributed by atoms with van der Waals surface area (Å²) in [6.45, 7) is 1.28. The van der Waals surface area contributed by atoms with Gasteiger partial charge in [0.15, 0.2) is 0 Å². The van der Waals surface area contributed by atoms with E-state index in [0.29, 0.717) is 18.0 Å². The van der Waals surface area contributed by atoms with Gasteiger partial charge < -0.3 is 15.2 Å². The van der Waals surface area contributed by atoms with Gasteiger partial charge >= 0.3 is 0 Å². The van der Waals surface area contributed by atoms with Gasteiger partial charge in [-0.3, -0.25) is 0 Å². The average Bonchev–Trinajstić information content (AvgIpc) is 2.29. The summed E-state index contributed by atoms with van der Waals surface area (Å²) in [7, 11) is 0. The fraction of sp³-hybridized carbons (Fsp3) is 0.500. The Balaban J connectivity index is 1.88. The molecule has 0 spiro atoms. The van der Waals surface area contributed by atoms with Gasteiger partial charge in [0.05, 0.1) is 11.8 Å². The van der Waals surface area contributed by atoms with E-state index in [2.05, 4.69) is 0 Å². The molecule has 1 saturated heterocycles. The highest BCUT2D eigenvalue weighted by Crippen LogP contribution is 2.23. The van der Waals surface area contributed by atoms with Gasteiger partial charge in [0.1, 0.15) is 18.2 Å². The molecule has 0 amide bonds. The molecule has 1 atom stereocenters. The summed E-state index contributed by atoms with van der Waals surface area (Å²) in [6, 6.07) is 4.15. The maximum atomic E-state index is 12.8. The lowest BCUT2D eigenvalue weighted by Gasteiger charge is -2.22. The van der Waals surface area contributed by atoms with Crippen LogP contribution in [0.2, 0.25) is 0 Å². The van der Waals surface area contributed by atoms with Gasteiger partial charge in [-0.25, -0.2) is 4.39 Å². The normalized spacial score (nSPS) is 20.7.